The van der Waals surface area contributed by atoms with Gasteiger partial charge in [-0.3, -0.25) is 14.0 Å². The van der Waals surface area contributed by atoms with Gasteiger partial charge in [-0.15, -0.1) is 0 Å². The maximum atomic E-state index is 11.0. The summed E-state index contributed by atoms with van der Waals surface area (Å²) in [6, 6.07) is 9.57. The van der Waals surface area contributed by atoms with Gasteiger partial charge in [0.05, 0.1) is 0 Å². The number of hydrogen-bond acceptors (Lipinski definition) is 4. The zero-order valence-electron chi connectivity index (χ0n) is 9.20. The van der Waals surface area contributed by atoms with E-state index in [1.165, 1.54) is 18.3 Å². The van der Waals surface area contributed by atoms with Crippen molar-refractivity contribution >= 4 is 17.0 Å². The van der Waals surface area contributed by atoms with Crippen LogP contribution in [0.3, 0.4) is 0 Å². The van der Waals surface area contributed by atoms with Crippen molar-refractivity contribution in [1.29, 1.82) is 0 Å². The van der Waals surface area contributed by atoms with Crippen LogP contribution in [-0.4, -0.2) is 19.7 Å². The van der Waals surface area contributed by atoms with Crippen molar-refractivity contribution in [3.05, 3.63) is 48.3 Å². The summed E-state index contributed by atoms with van der Waals surface area (Å²) in [5, 5.41) is 0. The standard InChI is InChI=1S/C12H10N2O3S/c13-12(15)11-7-9(5-6-14-11)8-1-3-10(4-2-8)18(16)17/h1-7H,(H2,13,15)(H,16,17)/p-1. The predicted molar refractivity (Wildman–Crippen MR) is 65.4 cm³/mol. The molecule has 1 atom stereocenters. The minimum Gasteiger partial charge on any atom is -0.768 e. The SMILES string of the molecule is NC(=O)c1cc(-c2ccc(S(=O)[O-])cc2)ccn1. The first-order chi connectivity index (χ1) is 8.58. The summed E-state index contributed by atoms with van der Waals surface area (Å²) < 4.78 is 21.4. The molecule has 2 N–H and O–H groups in total. The molecule has 92 valence electrons. The number of benzene rings is 1. The van der Waals surface area contributed by atoms with Crippen molar-refractivity contribution in [3.8, 4) is 11.1 Å². The molecule has 0 radical (unpaired) electrons. The summed E-state index contributed by atoms with van der Waals surface area (Å²) >= 11 is -2.24. The van der Waals surface area contributed by atoms with Crippen molar-refractivity contribution in [2.24, 2.45) is 5.73 Å². The van der Waals surface area contributed by atoms with Gasteiger partial charge in [0.15, 0.2) is 0 Å². The summed E-state index contributed by atoms with van der Waals surface area (Å²) in [6.07, 6.45) is 1.48. The van der Waals surface area contributed by atoms with Crippen LogP contribution >= 0.6 is 0 Å². The van der Waals surface area contributed by atoms with E-state index in [4.69, 9.17) is 5.73 Å². The van der Waals surface area contributed by atoms with Gasteiger partial charge < -0.3 is 10.3 Å². The van der Waals surface area contributed by atoms with Crippen LogP contribution in [0.1, 0.15) is 10.5 Å². The van der Waals surface area contributed by atoms with E-state index in [0.717, 1.165) is 11.1 Å². The molecule has 5 nitrogen and oxygen atoms in total. The second kappa shape index (κ2) is 5.07. The van der Waals surface area contributed by atoms with Crippen LogP contribution in [0.2, 0.25) is 0 Å². The van der Waals surface area contributed by atoms with Gasteiger partial charge in [-0.25, -0.2) is 0 Å². The van der Waals surface area contributed by atoms with Crippen molar-refractivity contribution in [1.82, 2.24) is 4.98 Å². The second-order valence-electron chi connectivity index (χ2n) is 3.55. The zero-order valence-corrected chi connectivity index (χ0v) is 10.0. The third kappa shape index (κ3) is 2.61. The first kappa shape index (κ1) is 12.4. The number of pyridine rings is 1. The van der Waals surface area contributed by atoms with Gasteiger partial charge in [0.1, 0.15) is 5.69 Å². The van der Waals surface area contributed by atoms with E-state index < -0.39 is 17.0 Å². The van der Waals surface area contributed by atoms with Crippen molar-refractivity contribution in [2.45, 2.75) is 4.90 Å². The number of carbonyl (C=O) groups excluding carboxylic acids is 1. The molecule has 1 amide bonds. The van der Waals surface area contributed by atoms with E-state index in [0.29, 0.717) is 0 Å². The van der Waals surface area contributed by atoms with Crippen LogP contribution in [0.4, 0.5) is 0 Å². The Bertz CT molecular complexity index is 611. The summed E-state index contributed by atoms with van der Waals surface area (Å²) in [4.78, 5) is 15.1. The molecule has 1 unspecified atom stereocenters. The van der Waals surface area contributed by atoms with E-state index in [2.05, 4.69) is 4.98 Å². The number of nitrogens with zero attached hydrogens (tertiary/aromatic N) is 1. The molecule has 2 aromatic rings. The Morgan fingerprint density at radius 3 is 2.39 bits per heavy atom. The van der Waals surface area contributed by atoms with Crippen molar-refractivity contribution < 1.29 is 13.6 Å². The largest absolute Gasteiger partial charge is 0.768 e. The minimum atomic E-state index is -2.24. The molecule has 0 spiro atoms. The van der Waals surface area contributed by atoms with Gasteiger partial charge in [-0.2, -0.15) is 0 Å². The fraction of sp³-hybridized carbons (Fsp3) is 0. The highest BCUT2D eigenvalue weighted by molar-refractivity contribution is 7.79. The van der Waals surface area contributed by atoms with Crippen LogP contribution in [0.25, 0.3) is 11.1 Å². The van der Waals surface area contributed by atoms with E-state index >= 15 is 0 Å². The van der Waals surface area contributed by atoms with Crippen molar-refractivity contribution in [3.63, 3.8) is 0 Å². The fourth-order valence-electron chi connectivity index (χ4n) is 1.50. The molecule has 18 heavy (non-hydrogen) atoms. The highest BCUT2D eigenvalue weighted by Gasteiger charge is 2.04. The lowest BCUT2D eigenvalue weighted by molar-refractivity contribution is 0.0995. The molecule has 2 rings (SSSR count). The Labute approximate surface area is 106 Å². The molecule has 0 aliphatic rings. The summed E-state index contributed by atoms with van der Waals surface area (Å²) in [7, 11) is 0. The van der Waals surface area contributed by atoms with Gasteiger partial charge >= 0.3 is 0 Å². The number of amides is 1. The Kier molecular flexibility index (Phi) is 3.50. The molecule has 1 aromatic heterocycles. The second-order valence-corrected chi connectivity index (χ2v) is 4.49. The van der Waals surface area contributed by atoms with Crippen LogP contribution in [0.5, 0.6) is 0 Å². The number of aromatic nitrogens is 1. The Morgan fingerprint density at radius 1 is 1.17 bits per heavy atom. The lowest BCUT2D eigenvalue weighted by Crippen LogP contribution is -2.12. The lowest BCUT2D eigenvalue weighted by atomic mass is 10.1. The quantitative estimate of drug-likeness (QED) is 0.836. The average molecular weight is 261 g/mol. The van der Waals surface area contributed by atoms with E-state index in [1.54, 1.807) is 24.3 Å². The normalized spacial score (nSPS) is 12.1. The number of primary amides is 1. The van der Waals surface area contributed by atoms with E-state index in [-0.39, 0.29) is 10.6 Å². The highest BCUT2D eigenvalue weighted by Crippen LogP contribution is 2.20. The third-order valence-electron chi connectivity index (χ3n) is 2.39. The number of nitrogens with two attached hydrogens (primary N) is 1. The van der Waals surface area contributed by atoms with Gasteiger partial charge in [0.2, 0.25) is 0 Å². The monoisotopic (exact) mass is 261 g/mol. The number of rotatable bonds is 3. The average Bonchev–Trinajstić information content (AvgIpc) is 2.39. The minimum absolute atomic E-state index is 0.170. The topological polar surface area (TPSA) is 96.1 Å². The van der Waals surface area contributed by atoms with E-state index in [1.807, 2.05) is 0 Å². The lowest BCUT2D eigenvalue weighted by Gasteiger charge is -2.07. The molecule has 1 aromatic carbocycles. The van der Waals surface area contributed by atoms with Gasteiger partial charge in [-0.1, -0.05) is 12.1 Å². The molecule has 0 saturated carbocycles. The van der Waals surface area contributed by atoms with Gasteiger partial charge in [0, 0.05) is 11.1 Å². The molecular formula is C12H9N2O3S-. The van der Waals surface area contributed by atoms with Crippen molar-refractivity contribution in [2.75, 3.05) is 0 Å². The van der Waals surface area contributed by atoms with Crippen LogP contribution < -0.4 is 5.73 Å². The van der Waals surface area contributed by atoms with Gasteiger partial charge in [0.25, 0.3) is 5.91 Å². The van der Waals surface area contributed by atoms with Crippen LogP contribution in [-0.2, 0) is 11.1 Å². The molecule has 0 saturated heterocycles. The maximum absolute atomic E-state index is 11.0. The highest BCUT2D eigenvalue weighted by atomic mass is 32.2. The maximum Gasteiger partial charge on any atom is 0.267 e. The van der Waals surface area contributed by atoms with Crippen LogP contribution in [0, 0.1) is 0 Å². The number of hydrogen-bond donors (Lipinski definition) is 1. The molecular weight excluding hydrogens is 252 g/mol. The Balaban J connectivity index is 2.39. The molecule has 0 fully saturated rings. The molecule has 0 aliphatic heterocycles. The van der Waals surface area contributed by atoms with Gasteiger partial charge in [-0.05, 0) is 46.5 Å². The molecule has 6 heteroatoms. The fourth-order valence-corrected chi connectivity index (χ4v) is 1.86. The summed E-state index contributed by atoms with van der Waals surface area (Å²) in [6.45, 7) is 0. The number of carbonyl (C=O) groups is 1. The van der Waals surface area contributed by atoms with E-state index in [9.17, 15) is 13.6 Å². The summed E-state index contributed by atoms with van der Waals surface area (Å²) in [5.41, 5.74) is 6.85. The zero-order chi connectivity index (χ0) is 13.1. The smallest absolute Gasteiger partial charge is 0.267 e. The summed E-state index contributed by atoms with van der Waals surface area (Å²) in [5.74, 6) is -0.603. The molecule has 0 bridgehead atoms. The first-order valence-corrected chi connectivity index (χ1v) is 6.11. The third-order valence-corrected chi connectivity index (χ3v) is 3.05. The Hall–Kier alpha value is -2.05. The molecule has 1 heterocycles. The molecule has 0 aliphatic carbocycles. The first-order valence-electron chi connectivity index (χ1n) is 5.03. The predicted octanol–water partition coefficient (Wildman–Crippen LogP) is 1.09. The van der Waals surface area contributed by atoms with Crippen LogP contribution in [0.15, 0.2) is 47.5 Å². The Morgan fingerprint density at radius 2 is 1.83 bits per heavy atom.